The van der Waals surface area contributed by atoms with Crippen LogP contribution in [-0.2, 0) is 6.54 Å². The Balaban J connectivity index is 2.06. The summed E-state index contributed by atoms with van der Waals surface area (Å²) in [5, 5.41) is 3.34. The third-order valence-electron chi connectivity index (χ3n) is 4.18. The van der Waals surface area contributed by atoms with Gasteiger partial charge in [-0.1, -0.05) is 0 Å². The smallest absolute Gasteiger partial charge is 0.0351 e. The summed E-state index contributed by atoms with van der Waals surface area (Å²) in [6, 6.07) is 5.48. The molecule has 19 heavy (non-hydrogen) atoms. The van der Waals surface area contributed by atoms with Crippen LogP contribution in [0.2, 0.25) is 0 Å². The van der Waals surface area contributed by atoms with Crippen LogP contribution in [-0.4, -0.2) is 60.6 Å². The Morgan fingerprint density at radius 2 is 2.11 bits per heavy atom. The maximum atomic E-state index is 4.10. The Labute approximate surface area is 116 Å². The molecule has 0 amide bonds. The first-order valence-corrected chi connectivity index (χ1v) is 7.18. The van der Waals surface area contributed by atoms with E-state index in [-0.39, 0.29) is 0 Å². The average molecular weight is 262 g/mol. The first kappa shape index (κ1) is 14.4. The number of likely N-dealkylation sites (N-methyl/N-ethyl adjacent to an activating group) is 2. The summed E-state index contributed by atoms with van der Waals surface area (Å²) in [5.74, 6) is 0. The molecule has 0 spiro atoms. The fourth-order valence-electron chi connectivity index (χ4n) is 2.74. The molecule has 1 saturated heterocycles. The van der Waals surface area contributed by atoms with Gasteiger partial charge in [-0.25, -0.2) is 0 Å². The third kappa shape index (κ3) is 4.00. The van der Waals surface area contributed by atoms with Gasteiger partial charge in [0.2, 0.25) is 0 Å². The van der Waals surface area contributed by atoms with Crippen LogP contribution in [0.1, 0.15) is 18.9 Å². The minimum atomic E-state index is 0.577. The highest BCUT2D eigenvalue weighted by Crippen LogP contribution is 2.16. The van der Waals surface area contributed by atoms with Crippen molar-refractivity contribution in [2.24, 2.45) is 0 Å². The molecule has 2 heterocycles. The van der Waals surface area contributed by atoms with Crippen LogP contribution in [0.15, 0.2) is 24.5 Å². The molecule has 4 heteroatoms. The van der Waals surface area contributed by atoms with Gasteiger partial charge in [0.15, 0.2) is 0 Å². The number of hydrogen-bond donors (Lipinski definition) is 1. The molecule has 1 N–H and O–H groups in total. The zero-order valence-corrected chi connectivity index (χ0v) is 12.3. The van der Waals surface area contributed by atoms with Crippen molar-refractivity contribution in [2.75, 3.05) is 33.7 Å². The minimum absolute atomic E-state index is 0.577. The number of nitrogens with zero attached hydrogens (tertiary/aromatic N) is 3. The Morgan fingerprint density at radius 3 is 2.79 bits per heavy atom. The molecule has 0 saturated carbocycles. The fourth-order valence-corrected chi connectivity index (χ4v) is 2.74. The van der Waals surface area contributed by atoms with Crippen molar-refractivity contribution in [1.29, 1.82) is 0 Å². The van der Waals surface area contributed by atoms with Crippen LogP contribution in [0, 0.1) is 0 Å². The lowest BCUT2D eigenvalue weighted by Crippen LogP contribution is -2.45. The van der Waals surface area contributed by atoms with Gasteiger partial charge in [0.05, 0.1) is 0 Å². The lowest BCUT2D eigenvalue weighted by molar-refractivity contribution is 0.174. The van der Waals surface area contributed by atoms with E-state index >= 15 is 0 Å². The molecule has 0 aliphatic carbocycles. The zero-order valence-electron chi connectivity index (χ0n) is 12.3. The van der Waals surface area contributed by atoms with Gasteiger partial charge in [-0.05, 0) is 45.1 Å². The van der Waals surface area contributed by atoms with Crippen LogP contribution in [0.25, 0.3) is 0 Å². The van der Waals surface area contributed by atoms with E-state index in [1.807, 2.05) is 19.4 Å². The molecule has 1 aliphatic heterocycles. The maximum Gasteiger partial charge on any atom is 0.0351 e. The molecule has 1 aliphatic rings. The molecule has 2 atom stereocenters. The molecule has 2 rings (SSSR count). The second-order valence-corrected chi connectivity index (χ2v) is 5.61. The summed E-state index contributed by atoms with van der Waals surface area (Å²) in [6.45, 7) is 6.69. The summed E-state index contributed by atoms with van der Waals surface area (Å²) in [7, 11) is 4.28. The van der Waals surface area contributed by atoms with E-state index < -0.39 is 0 Å². The normalized spacial score (nSPS) is 26.3. The number of aromatic nitrogens is 1. The Kier molecular flexibility index (Phi) is 5.31. The second kappa shape index (κ2) is 6.98. The number of rotatable bonds is 4. The van der Waals surface area contributed by atoms with E-state index in [9.17, 15) is 0 Å². The average Bonchev–Trinajstić information content (AvgIpc) is 2.54. The molecule has 1 fully saturated rings. The topological polar surface area (TPSA) is 31.4 Å². The minimum Gasteiger partial charge on any atom is -0.318 e. The van der Waals surface area contributed by atoms with Gasteiger partial charge in [-0.15, -0.1) is 0 Å². The molecule has 4 nitrogen and oxygen atoms in total. The Hall–Kier alpha value is -0.970. The largest absolute Gasteiger partial charge is 0.318 e. The third-order valence-corrected chi connectivity index (χ3v) is 4.18. The van der Waals surface area contributed by atoms with E-state index in [1.165, 1.54) is 18.5 Å². The summed E-state index contributed by atoms with van der Waals surface area (Å²) in [6.07, 6.45) is 5.01. The van der Waals surface area contributed by atoms with E-state index in [4.69, 9.17) is 0 Å². The maximum absolute atomic E-state index is 4.10. The lowest BCUT2D eigenvalue weighted by atomic mass is 10.2. The van der Waals surface area contributed by atoms with Crippen LogP contribution < -0.4 is 5.32 Å². The highest BCUT2D eigenvalue weighted by Gasteiger charge is 2.26. The molecule has 0 bridgehead atoms. The Morgan fingerprint density at radius 1 is 1.37 bits per heavy atom. The van der Waals surface area contributed by atoms with Crippen LogP contribution in [0.3, 0.4) is 0 Å². The highest BCUT2D eigenvalue weighted by molar-refractivity contribution is 5.10. The first-order chi connectivity index (χ1) is 9.20. The van der Waals surface area contributed by atoms with Gasteiger partial charge < -0.3 is 10.2 Å². The predicted octanol–water partition coefficient (Wildman–Crippen LogP) is 1.20. The first-order valence-electron chi connectivity index (χ1n) is 7.18. The second-order valence-electron chi connectivity index (χ2n) is 5.61. The number of pyridine rings is 1. The number of hydrogen-bond acceptors (Lipinski definition) is 4. The van der Waals surface area contributed by atoms with Crippen molar-refractivity contribution in [2.45, 2.75) is 32.0 Å². The van der Waals surface area contributed by atoms with Gasteiger partial charge in [0.1, 0.15) is 0 Å². The standard InChI is InChI=1S/C15H26N4/c1-13-6-9-19(11-14-4-7-17-8-5-14)15(10-16-2)12-18(13)3/h4-5,7-8,13,15-16H,6,9-12H2,1-3H3. The molecule has 1 aromatic rings. The van der Waals surface area contributed by atoms with Crippen LogP contribution in [0.5, 0.6) is 0 Å². The quantitative estimate of drug-likeness (QED) is 0.883. The van der Waals surface area contributed by atoms with Crippen molar-refractivity contribution < 1.29 is 0 Å². The molecule has 0 radical (unpaired) electrons. The van der Waals surface area contributed by atoms with Crippen molar-refractivity contribution in [3.63, 3.8) is 0 Å². The van der Waals surface area contributed by atoms with Gasteiger partial charge in [0.25, 0.3) is 0 Å². The zero-order chi connectivity index (χ0) is 13.7. The summed E-state index contributed by atoms with van der Waals surface area (Å²) in [5.41, 5.74) is 1.35. The SMILES string of the molecule is CNCC1CN(C)C(C)CCN1Cc1ccncc1. The van der Waals surface area contributed by atoms with Gasteiger partial charge >= 0.3 is 0 Å². The Bertz CT molecular complexity index is 368. The van der Waals surface area contributed by atoms with Crippen molar-refractivity contribution in [1.82, 2.24) is 20.1 Å². The summed E-state index contributed by atoms with van der Waals surface area (Å²) < 4.78 is 0. The van der Waals surface area contributed by atoms with Gasteiger partial charge in [0, 0.05) is 50.7 Å². The monoisotopic (exact) mass is 262 g/mol. The van der Waals surface area contributed by atoms with Gasteiger partial charge in [-0.3, -0.25) is 9.88 Å². The van der Waals surface area contributed by atoms with E-state index in [2.05, 4.69) is 46.2 Å². The highest BCUT2D eigenvalue weighted by atomic mass is 15.3. The van der Waals surface area contributed by atoms with Gasteiger partial charge in [-0.2, -0.15) is 0 Å². The lowest BCUT2D eigenvalue weighted by Gasteiger charge is -2.31. The van der Waals surface area contributed by atoms with E-state index in [0.29, 0.717) is 12.1 Å². The van der Waals surface area contributed by atoms with E-state index in [0.717, 1.165) is 19.6 Å². The molecular formula is C15H26N4. The number of nitrogens with one attached hydrogen (secondary N) is 1. The molecule has 106 valence electrons. The predicted molar refractivity (Wildman–Crippen MR) is 79.1 cm³/mol. The summed E-state index contributed by atoms with van der Waals surface area (Å²) >= 11 is 0. The summed E-state index contributed by atoms with van der Waals surface area (Å²) in [4.78, 5) is 9.18. The molecule has 2 unspecified atom stereocenters. The van der Waals surface area contributed by atoms with Crippen LogP contribution in [0.4, 0.5) is 0 Å². The molecular weight excluding hydrogens is 236 g/mol. The fraction of sp³-hybridized carbons (Fsp3) is 0.667. The van der Waals surface area contributed by atoms with Crippen molar-refractivity contribution in [3.05, 3.63) is 30.1 Å². The van der Waals surface area contributed by atoms with E-state index in [1.54, 1.807) is 0 Å². The van der Waals surface area contributed by atoms with Crippen LogP contribution >= 0.6 is 0 Å². The van der Waals surface area contributed by atoms with Crippen molar-refractivity contribution >= 4 is 0 Å². The van der Waals surface area contributed by atoms with Crippen molar-refractivity contribution in [3.8, 4) is 0 Å². The molecule has 1 aromatic heterocycles. The molecule has 0 aromatic carbocycles.